The molecule has 0 amide bonds. The molecule has 1 heterocycles. The summed E-state index contributed by atoms with van der Waals surface area (Å²) in [5.74, 6) is -1.20. The lowest BCUT2D eigenvalue weighted by Crippen LogP contribution is -2.16. The van der Waals surface area contributed by atoms with Crippen LogP contribution in [0.25, 0.3) is 0 Å². The van der Waals surface area contributed by atoms with Gasteiger partial charge in [0.2, 0.25) is 5.88 Å². The van der Waals surface area contributed by atoms with Gasteiger partial charge in [0.1, 0.15) is 5.82 Å². The molecule has 1 unspecified atom stereocenters. The second-order valence-electron chi connectivity index (χ2n) is 4.13. The lowest BCUT2D eigenvalue weighted by atomic mass is 10.2. The Bertz CT molecular complexity index is 570. The number of hydrogen-bond acceptors (Lipinski definition) is 6. The summed E-state index contributed by atoms with van der Waals surface area (Å²) >= 11 is 0. The average Bonchev–Trinajstić information content (AvgIpc) is 2.25. The molecule has 0 saturated carbocycles. The highest BCUT2D eigenvalue weighted by atomic mass is 32.2. The highest BCUT2D eigenvalue weighted by Gasteiger charge is 2.13. The van der Waals surface area contributed by atoms with E-state index < -0.39 is 16.1 Å². The molecule has 0 spiro atoms. The van der Waals surface area contributed by atoms with E-state index in [1.165, 1.54) is 6.07 Å². The van der Waals surface area contributed by atoms with Crippen molar-refractivity contribution in [1.82, 2.24) is 4.98 Å². The molecule has 1 rings (SSSR count). The van der Waals surface area contributed by atoms with Gasteiger partial charge in [0.05, 0.1) is 11.8 Å². The van der Waals surface area contributed by atoms with Crippen LogP contribution in [0.5, 0.6) is 5.88 Å². The Kier molecular flexibility index (Phi) is 4.71. The first-order valence-electron chi connectivity index (χ1n) is 5.62. The van der Waals surface area contributed by atoms with Gasteiger partial charge in [0, 0.05) is 12.1 Å². The highest BCUT2D eigenvalue weighted by Crippen LogP contribution is 2.18. The number of carboxylic acid groups (broad SMARTS) is 1. The fourth-order valence-electron chi connectivity index (χ4n) is 1.25. The van der Waals surface area contributed by atoms with E-state index in [4.69, 9.17) is 5.11 Å². The van der Waals surface area contributed by atoms with Crippen LogP contribution in [-0.4, -0.2) is 36.8 Å². The quantitative estimate of drug-likeness (QED) is 0.760. The van der Waals surface area contributed by atoms with E-state index in [0.29, 0.717) is 0 Å². The second kappa shape index (κ2) is 5.87. The monoisotopic (exact) mass is 288 g/mol. The van der Waals surface area contributed by atoms with Crippen LogP contribution in [0.3, 0.4) is 0 Å². The molecular formula is C11H16N2O5S. The summed E-state index contributed by atoms with van der Waals surface area (Å²) in [7, 11) is -3.75. The maximum absolute atomic E-state index is 11.0. The zero-order valence-corrected chi connectivity index (χ0v) is 11.7. The first kappa shape index (κ1) is 15.2. The summed E-state index contributed by atoms with van der Waals surface area (Å²) in [6.07, 6.45) is 1.67. The molecule has 7 nitrogen and oxygen atoms in total. The zero-order valence-electron chi connectivity index (χ0n) is 10.9. The number of carbonyl (C=O) groups is 1. The Morgan fingerprint density at radius 1 is 1.53 bits per heavy atom. The van der Waals surface area contributed by atoms with Gasteiger partial charge in [-0.05, 0) is 19.4 Å². The van der Waals surface area contributed by atoms with Crippen LogP contribution in [-0.2, 0) is 10.1 Å². The van der Waals surface area contributed by atoms with Crippen molar-refractivity contribution >= 4 is 21.9 Å². The predicted octanol–water partition coefficient (Wildman–Crippen LogP) is 1.33. The number of hydrogen-bond donors (Lipinski definition) is 2. The van der Waals surface area contributed by atoms with E-state index in [0.717, 1.165) is 18.7 Å². The van der Waals surface area contributed by atoms with Gasteiger partial charge >= 0.3 is 16.1 Å². The fraction of sp³-hybridized carbons (Fsp3) is 0.455. The molecule has 19 heavy (non-hydrogen) atoms. The first-order valence-corrected chi connectivity index (χ1v) is 7.44. The van der Waals surface area contributed by atoms with Gasteiger partial charge in [0.15, 0.2) is 0 Å². The average molecular weight is 288 g/mol. The SMILES string of the molecule is CCC(C)Nc1cc(C(=O)O)cc(OS(C)(=O)=O)n1. The van der Waals surface area contributed by atoms with Gasteiger partial charge < -0.3 is 14.6 Å². The number of rotatable bonds is 6. The summed E-state index contributed by atoms with van der Waals surface area (Å²) in [6.45, 7) is 3.85. The Morgan fingerprint density at radius 3 is 2.63 bits per heavy atom. The molecule has 0 aromatic carbocycles. The Morgan fingerprint density at radius 2 is 2.16 bits per heavy atom. The predicted molar refractivity (Wildman–Crippen MR) is 70.0 cm³/mol. The Balaban J connectivity index is 3.14. The van der Waals surface area contributed by atoms with E-state index in [9.17, 15) is 13.2 Å². The van der Waals surface area contributed by atoms with Gasteiger partial charge in [0.25, 0.3) is 0 Å². The molecule has 2 N–H and O–H groups in total. The number of aromatic nitrogens is 1. The van der Waals surface area contributed by atoms with Crippen molar-refractivity contribution in [2.24, 2.45) is 0 Å². The van der Waals surface area contributed by atoms with Crippen LogP contribution in [0, 0.1) is 0 Å². The van der Waals surface area contributed by atoms with Crippen molar-refractivity contribution in [1.29, 1.82) is 0 Å². The third-order valence-electron chi connectivity index (χ3n) is 2.29. The number of pyridine rings is 1. The van der Waals surface area contributed by atoms with E-state index in [2.05, 4.69) is 14.5 Å². The number of nitrogens with one attached hydrogen (secondary N) is 1. The van der Waals surface area contributed by atoms with Crippen molar-refractivity contribution in [3.8, 4) is 5.88 Å². The van der Waals surface area contributed by atoms with Gasteiger partial charge in [-0.15, -0.1) is 0 Å². The van der Waals surface area contributed by atoms with Crippen LogP contribution < -0.4 is 9.50 Å². The van der Waals surface area contributed by atoms with E-state index in [1.807, 2.05) is 13.8 Å². The molecule has 8 heteroatoms. The topological polar surface area (TPSA) is 106 Å². The molecule has 0 bridgehead atoms. The van der Waals surface area contributed by atoms with E-state index in [-0.39, 0.29) is 23.3 Å². The number of anilines is 1. The molecule has 0 aliphatic heterocycles. The van der Waals surface area contributed by atoms with Crippen molar-refractivity contribution in [2.45, 2.75) is 26.3 Å². The second-order valence-corrected chi connectivity index (χ2v) is 5.70. The Hall–Kier alpha value is -1.83. The molecule has 106 valence electrons. The largest absolute Gasteiger partial charge is 0.478 e. The van der Waals surface area contributed by atoms with Crippen LogP contribution in [0.1, 0.15) is 30.6 Å². The number of aromatic carboxylic acids is 1. The summed E-state index contributed by atoms with van der Waals surface area (Å²) < 4.78 is 26.7. The van der Waals surface area contributed by atoms with Crippen molar-refractivity contribution < 1.29 is 22.5 Å². The molecule has 1 aromatic rings. The summed E-state index contributed by atoms with van der Waals surface area (Å²) in [5, 5.41) is 11.9. The minimum absolute atomic E-state index is 0.0719. The van der Waals surface area contributed by atoms with Crippen molar-refractivity contribution in [2.75, 3.05) is 11.6 Å². The first-order chi connectivity index (χ1) is 8.71. The normalized spacial score (nSPS) is 12.8. The molecule has 0 aliphatic rings. The van der Waals surface area contributed by atoms with Gasteiger partial charge in [-0.3, -0.25) is 0 Å². The summed E-state index contributed by atoms with van der Waals surface area (Å²) in [6, 6.07) is 2.46. The number of carboxylic acids is 1. The van der Waals surface area contributed by atoms with Crippen LogP contribution in [0.15, 0.2) is 12.1 Å². The maximum Gasteiger partial charge on any atom is 0.336 e. The molecular weight excluding hydrogens is 272 g/mol. The number of nitrogens with zero attached hydrogens (tertiary/aromatic N) is 1. The molecule has 0 aliphatic carbocycles. The lowest BCUT2D eigenvalue weighted by Gasteiger charge is -2.13. The minimum atomic E-state index is -3.75. The van der Waals surface area contributed by atoms with Crippen molar-refractivity contribution in [3.05, 3.63) is 17.7 Å². The fourth-order valence-corrected chi connectivity index (χ4v) is 1.65. The zero-order chi connectivity index (χ0) is 14.6. The smallest absolute Gasteiger partial charge is 0.336 e. The Labute approximate surface area is 111 Å². The summed E-state index contributed by atoms with van der Waals surface area (Å²) in [4.78, 5) is 14.9. The van der Waals surface area contributed by atoms with Gasteiger partial charge in [-0.25, -0.2) is 4.79 Å². The maximum atomic E-state index is 11.0. The molecule has 0 radical (unpaired) electrons. The molecule has 1 aromatic heterocycles. The van der Waals surface area contributed by atoms with Crippen LogP contribution in [0.4, 0.5) is 5.82 Å². The van der Waals surface area contributed by atoms with Crippen LogP contribution >= 0.6 is 0 Å². The highest BCUT2D eigenvalue weighted by molar-refractivity contribution is 7.86. The van der Waals surface area contributed by atoms with E-state index >= 15 is 0 Å². The molecule has 0 saturated heterocycles. The molecule has 1 atom stereocenters. The van der Waals surface area contributed by atoms with Gasteiger partial charge in [-0.2, -0.15) is 13.4 Å². The van der Waals surface area contributed by atoms with Crippen molar-refractivity contribution in [3.63, 3.8) is 0 Å². The standard InChI is InChI=1S/C11H16N2O5S/c1-4-7(2)12-9-5-8(11(14)15)6-10(13-9)18-19(3,16)17/h5-7H,4H2,1-3H3,(H,12,13)(H,14,15). The third-order valence-corrected chi connectivity index (χ3v) is 2.77. The lowest BCUT2D eigenvalue weighted by molar-refractivity contribution is 0.0696. The third kappa shape index (κ3) is 5.12. The van der Waals surface area contributed by atoms with Gasteiger partial charge in [-0.1, -0.05) is 6.92 Å². The summed E-state index contributed by atoms with van der Waals surface area (Å²) in [5.41, 5.74) is -0.0977. The minimum Gasteiger partial charge on any atom is -0.478 e. The molecule has 0 fully saturated rings. The van der Waals surface area contributed by atoms with Crippen LogP contribution in [0.2, 0.25) is 0 Å². The van der Waals surface area contributed by atoms with E-state index in [1.54, 1.807) is 0 Å².